The molecule has 0 amide bonds. The first-order valence-corrected chi connectivity index (χ1v) is 4.40. The first-order chi connectivity index (χ1) is 7.32. The van der Waals surface area contributed by atoms with Crippen LogP contribution in [0.15, 0.2) is 6.20 Å². The number of aromatic nitrogens is 2. The molecule has 1 atom stereocenters. The number of aromatic amines is 1. The molecule has 0 aliphatic carbocycles. The molecule has 0 aliphatic heterocycles. The Morgan fingerprint density at radius 3 is 2.65 bits per heavy atom. The van der Waals surface area contributed by atoms with Gasteiger partial charge in [0.2, 0.25) is 0 Å². The standard InChI is InChI=1S/C8H10F3N3O2.ClH/c9-8(10,11)6-4(3-13-14-6)1-2-5(12)7(15)16;/h3,5H,1-2,12H2,(H,13,14)(H,15,16);1H. The summed E-state index contributed by atoms with van der Waals surface area (Å²) in [5.41, 5.74) is 4.15. The molecule has 5 nitrogen and oxygen atoms in total. The fraction of sp³-hybridized carbons (Fsp3) is 0.500. The molecule has 98 valence electrons. The number of carboxylic acid groups (broad SMARTS) is 1. The molecule has 0 aliphatic rings. The van der Waals surface area contributed by atoms with Crippen LogP contribution in [-0.2, 0) is 17.4 Å². The molecule has 17 heavy (non-hydrogen) atoms. The monoisotopic (exact) mass is 273 g/mol. The van der Waals surface area contributed by atoms with Crippen LogP contribution in [0.3, 0.4) is 0 Å². The molecule has 0 aromatic carbocycles. The van der Waals surface area contributed by atoms with Gasteiger partial charge in [-0.25, -0.2) is 0 Å². The van der Waals surface area contributed by atoms with E-state index in [2.05, 4.69) is 5.10 Å². The maximum absolute atomic E-state index is 12.3. The number of aliphatic carboxylic acids is 1. The average molecular weight is 274 g/mol. The van der Waals surface area contributed by atoms with Gasteiger partial charge in [0.1, 0.15) is 11.7 Å². The summed E-state index contributed by atoms with van der Waals surface area (Å²) < 4.78 is 37.0. The van der Waals surface area contributed by atoms with Crippen molar-refractivity contribution in [3.63, 3.8) is 0 Å². The van der Waals surface area contributed by atoms with E-state index in [4.69, 9.17) is 10.8 Å². The highest BCUT2D eigenvalue weighted by Gasteiger charge is 2.35. The van der Waals surface area contributed by atoms with E-state index in [9.17, 15) is 18.0 Å². The predicted octanol–water partition coefficient (Wildman–Crippen LogP) is 1.19. The summed E-state index contributed by atoms with van der Waals surface area (Å²) in [7, 11) is 0. The molecular formula is C8H11ClF3N3O2. The maximum Gasteiger partial charge on any atom is 0.433 e. The van der Waals surface area contributed by atoms with Crippen LogP contribution in [0.25, 0.3) is 0 Å². The molecule has 0 spiro atoms. The lowest BCUT2D eigenvalue weighted by atomic mass is 10.1. The van der Waals surface area contributed by atoms with Crippen molar-refractivity contribution < 1.29 is 23.1 Å². The Morgan fingerprint density at radius 2 is 2.18 bits per heavy atom. The van der Waals surface area contributed by atoms with Gasteiger partial charge in [-0.15, -0.1) is 12.4 Å². The van der Waals surface area contributed by atoms with Gasteiger partial charge in [0.15, 0.2) is 0 Å². The second kappa shape index (κ2) is 5.87. The van der Waals surface area contributed by atoms with Gasteiger partial charge in [-0.1, -0.05) is 0 Å². The van der Waals surface area contributed by atoms with Gasteiger partial charge >= 0.3 is 12.1 Å². The van der Waals surface area contributed by atoms with E-state index in [1.807, 2.05) is 5.10 Å². The average Bonchev–Trinajstić information content (AvgIpc) is 2.60. The first-order valence-electron chi connectivity index (χ1n) is 4.40. The Labute approximate surface area is 101 Å². The first kappa shape index (κ1) is 15.7. The highest BCUT2D eigenvalue weighted by Crippen LogP contribution is 2.30. The predicted molar refractivity (Wildman–Crippen MR) is 54.8 cm³/mol. The fourth-order valence-electron chi connectivity index (χ4n) is 1.18. The van der Waals surface area contributed by atoms with Crippen molar-refractivity contribution in [1.29, 1.82) is 0 Å². The van der Waals surface area contributed by atoms with Crippen LogP contribution >= 0.6 is 12.4 Å². The van der Waals surface area contributed by atoms with Crippen LogP contribution in [0.5, 0.6) is 0 Å². The van der Waals surface area contributed by atoms with Gasteiger partial charge in [-0.3, -0.25) is 9.89 Å². The lowest BCUT2D eigenvalue weighted by Crippen LogP contribution is -2.30. The van der Waals surface area contributed by atoms with Crippen LogP contribution < -0.4 is 5.73 Å². The summed E-state index contributed by atoms with van der Waals surface area (Å²) >= 11 is 0. The number of nitrogens with two attached hydrogens (primary N) is 1. The number of alkyl halides is 3. The van der Waals surface area contributed by atoms with Crippen molar-refractivity contribution in [2.24, 2.45) is 5.73 Å². The van der Waals surface area contributed by atoms with Crippen molar-refractivity contribution in [2.45, 2.75) is 25.1 Å². The van der Waals surface area contributed by atoms with Crippen LogP contribution in [0, 0.1) is 0 Å². The van der Waals surface area contributed by atoms with Gasteiger partial charge in [0.25, 0.3) is 0 Å². The lowest BCUT2D eigenvalue weighted by molar-refractivity contribution is -0.141. The maximum atomic E-state index is 12.3. The molecule has 1 unspecified atom stereocenters. The number of carboxylic acids is 1. The number of H-pyrrole nitrogens is 1. The topological polar surface area (TPSA) is 92.0 Å². The van der Waals surface area contributed by atoms with Gasteiger partial charge in [0, 0.05) is 5.56 Å². The highest BCUT2D eigenvalue weighted by atomic mass is 35.5. The second-order valence-electron chi connectivity index (χ2n) is 3.25. The highest BCUT2D eigenvalue weighted by molar-refractivity contribution is 5.85. The molecule has 1 aromatic heterocycles. The molecule has 0 bridgehead atoms. The van der Waals surface area contributed by atoms with Gasteiger partial charge in [-0.2, -0.15) is 18.3 Å². The zero-order valence-electron chi connectivity index (χ0n) is 8.49. The van der Waals surface area contributed by atoms with E-state index in [1.54, 1.807) is 0 Å². The molecule has 1 heterocycles. The third-order valence-electron chi connectivity index (χ3n) is 2.04. The Bertz CT molecular complexity index is 380. The van der Waals surface area contributed by atoms with Gasteiger partial charge in [0.05, 0.1) is 6.20 Å². The number of halogens is 4. The molecule has 0 saturated heterocycles. The summed E-state index contributed by atoms with van der Waals surface area (Å²) in [6, 6.07) is -1.17. The molecule has 0 radical (unpaired) electrons. The molecule has 1 aromatic rings. The fourth-order valence-corrected chi connectivity index (χ4v) is 1.18. The molecular weight excluding hydrogens is 263 g/mol. The van der Waals surface area contributed by atoms with Crippen LogP contribution in [-0.4, -0.2) is 27.3 Å². The normalized spacial score (nSPS) is 12.9. The zero-order valence-corrected chi connectivity index (χ0v) is 9.31. The Morgan fingerprint density at radius 1 is 1.59 bits per heavy atom. The Kier molecular flexibility index (Phi) is 5.43. The van der Waals surface area contributed by atoms with E-state index in [1.165, 1.54) is 0 Å². The van der Waals surface area contributed by atoms with Crippen molar-refractivity contribution in [1.82, 2.24) is 10.2 Å². The summed E-state index contributed by atoms with van der Waals surface area (Å²) in [6.45, 7) is 0. The smallest absolute Gasteiger partial charge is 0.433 e. The number of rotatable bonds is 4. The number of nitrogens with zero attached hydrogens (tertiary/aromatic N) is 1. The van der Waals surface area contributed by atoms with Crippen molar-refractivity contribution in [2.75, 3.05) is 0 Å². The van der Waals surface area contributed by atoms with Crippen LogP contribution in [0.4, 0.5) is 13.2 Å². The van der Waals surface area contributed by atoms with Crippen molar-refractivity contribution >= 4 is 18.4 Å². The minimum atomic E-state index is -4.51. The van der Waals surface area contributed by atoms with E-state index in [0.29, 0.717) is 0 Å². The van der Waals surface area contributed by atoms with Gasteiger partial charge in [-0.05, 0) is 12.8 Å². The number of hydrogen-bond acceptors (Lipinski definition) is 3. The summed E-state index contributed by atoms with van der Waals surface area (Å²) in [5, 5.41) is 13.6. The SMILES string of the molecule is Cl.NC(CCc1cn[nH]c1C(F)(F)F)C(=O)O. The largest absolute Gasteiger partial charge is 0.480 e. The number of nitrogens with one attached hydrogen (secondary N) is 1. The molecule has 0 fully saturated rings. The van der Waals surface area contributed by atoms with E-state index in [0.717, 1.165) is 6.20 Å². The number of hydrogen-bond donors (Lipinski definition) is 3. The van der Waals surface area contributed by atoms with Crippen LogP contribution in [0.2, 0.25) is 0 Å². The molecule has 4 N–H and O–H groups in total. The zero-order chi connectivity index (χ0) is 12.3. The van der Waals surface area contributed by atoms with Gasteiger partial charge < -0.3 is 10.8 Å². The van der Waals surface area contributed by atoms with Crippen LogP contribution in [0.1, 0.15) is 17.7 Å². The van der Waals surface area contributed by atoms with Crippen molar-refractivity contribution in [3.8, 4) is 0 Å². The summed E-state index contributed by atoms with van der Waals surface area (Å²) in [6.07, 6.45) is -3.65. The summed E-state index contributed by atoms with van der Waals surface area (Å²) in [5.74, 6) is -1.24. The minimum Gasteiger partial charge on any atom is -0.480 e. The number of carbonyl (C=O) groups is 1. The Balaban J connectivity index is 0.00000256. The van der Waals surface area contributed by atoms with E-state index < -0.39 is 23.9 Å². The van der Waals surface area contributed by atoms with E-state index in [-0.39, 0.29) is 30.8 Å². The quantitative estimate of drug-likeness (QED) is 0.768. The lowest BCUT2D eigenvalue weighted by Gasteiger charge is -2.08. The number of aryl methyl sites for hydroxylation is 1. The third kappa shape index (κ3) is 4.23. The molecule has 0 saturated carbocycles. The summed E-state index contributed by atoms with van der Waals surface area (Å²) in [4.78, 5) is 10.4. The van der Waals surface area contributed by atoms with E-state index >= 15 is 0 Å². The molecule has 9 heteroatoms. The Hall–Kier alpha value is -1.28. The minimum absolute atomic E-state index is 0. The second-order valence-corrected chi connectivity index (χ2v) is 3.25. The van der Waals surface area contributed by atoms with Crippen molar-refractivity contribution in [3.05, 3.63) is 17.5 Å². The third-order valence-corrected chi connectivity index (χ3v) is 2.04. The molecule has 1 rings (SSSR count).